The summed E-state index contributed by atoms with van der Waals surface area (Å²) < 4.78 is 5.24. The van der Waals surface area contributed by atoms with Crippen LogP contribution in [0.4, 0.5) is 11.8 Å². The number of nitrogen functional groups attached to an aromatic ring is 1. The molecule has 0 bridgehead atoms. The molecule has 11 heavy (non-hydrogen) atoms. The molecule has 0 saturated carbocycles. The van der Waals surface area contributed by atoms with Crippen LogP contribution in [0.2, 0.25) is 0 Å². The van der Waals surface area contributed by atoms with Gasteiger partial charge in [-0.25, -0.2) is 4.98 Å². The van der Waals surface area contributed by atoms with Gasteiger partial charge in [0.05, 0.1) is 12.7 Å². The van der Waals surface area contributed by atoms with Crippen LogP contribution in [0.25, 0.3) is 0 Å². The Hall–Kier alpha value is -1.52. The van der Waals surface area contributed by atoms with Gasteiger partial charge in [0.15, 0.2) is 11.6 Å². The van der Waals surface area contributed by atoms with E-state index in [1.807, 2.05) is 0 Å². The van der Waals surface area contributed by atoms with E-state index in [9.17, 15) is 0 Å². The second kappa shape index (κ2) is 2.26. The summed E-state index contributed by atoms with van der Waals surface area (Å²) in [6, 6.07) is 0. The molecule has 3 N–H and O–H groups in total. The Labute approximate surface area is 63.6 Å². The van der Waals surface area contributed by atoms with E-state index in [-0.39, 0.29) is 5.95 Å². The molecular weight excluding hydrogens is 144 g/mol. The minimum atomic E-state index is 0.266. The molecule has 1 aromatic heterocycles. The number of aromatic nitrogens is 2. The molecule has 0 fully saturated rings. The number of nitrogens with two attached hydrogens (primary N) is 1. The molecule has 0 unspecified atom stereocenters. The van der Waals surface area contributed by atoms with Crippen molar-refractivity contribution < 1.29 is 4.74 Å². The fourth-order valence-electron chi connectivity index (χ4n) is 0.947. The van der Waals surface area contributed by atoms with Crippen molar-refractivity contribution in [3.63, 3.8) is 0 Å². The zero-order valence-electron chi connectivity index (χ0n) is 5.87. The van der Waals surface area contributed by atoms with E-state index in [0.717, 1.165) is 6.54 Å². The Morgan fingerprint density at radius 3 is 3.45 bits per heavy atom. The topological polar surface area (TPSA) is 73.1 Å². The normalized spacial score (nSPS) is 14.5. The number of ether oxygens (including phenoxy) is 1. The molecule has 58 valence electrons. The SMILES string of the molecule is Nc1ncc2c(n1)NCCO2. The maximum Gasteiger partial charge on any atom is 0.222 e. The molecule has 0 atom stereocenters. The first-order chi connectivity index (χ1) is 5.36. The Morgan fingerprint density at radius 2 is 2.55 bits per heavy atom. The van der Waals surface area contributed by atoms with Crippen LogP contribution in [0.5, 0.6) is 5.75 Å². The Balaban J connectivity index is 2.43. The number of nitrogens with zero attached hydrogens (tertiary/aromatic N) is 2. The van der Waals surface area contributed by atoms with Crippen molar-refractivity contribution in [3.05, 3.63) is 6.20 Å². The average molecular weight is 152 g/mol. The summed E-state index contributed by atoms with van der Waals surface area (Å²) >= 11 is 0. The summed E-state index contributed by atoms with van der Waals surface area (Å²) in [5.74, 6) is 1.62. The highest BCUT2D eigenvalue weighted by Gasteiger charge is 2.10. The van der Waals surface area contributed by atoms with Gasteiger partial charge in [0.25, 0.3) is 0 Å². The number of hydrogen-bond acceptors (Lipinski definition) is 5. The van der Waals surface area contributed by atoms with E-state index in [1.165, 1.54) is 0 Å². The molecule has 0 aromatic carbocycles. The van der Waals surface area contributed by atoms with E-state index >= 15 is 0 Å². The fourth-order valence-corrected chi connectivity index (χ4v) is 0.947. The van der Waals surface area contributed by atoms with Crippen molar-refractivity contribution in [1.82, 2.24) is 9.97 Å². The molecule has 5 nitrogen and oxygen atoms in total. The number of rotatable bonds is 0. The van der Waals surface area contributed by atoms with Gasteiger partial charge in [0.1, 0.15) is 6.61 Å². The van der Waals surface area contributed by atoms with Crippen LogP contribution in [0.3, 0.4) is 0 Å². The van der Waals surface area contributed by atoms with Gasteiger partial charge in [-0.2, -0.15) is 4.98 Å². The average Bonchev–Trinajstić information content (AvgIpc) is 2.04. The monoisotopic (exact) mass is 152 g/mol. The van der Waals surface area contributed by atoms with Gasteiger partial charge in [0.2, 0.25) is 5.95 Å². The summed E-state index contributed by atoms with van der Waals surface area (Å²) in [7, 11) is 0. The van der Waals surface area contributed by atoms with Crippen LogP contribution in [-0.2, 0) is 0 Å². The third kappa shape index (κ3) is 1.04. The molecule has 2 heterocycles. The zero-order valence-corrected chi connectivity index (χ0v) is 5.87. The van der Waals surface area contributed by atoms with Crippen molar-refractivity contribution in [2.75, 3.05) is 24.2 Å². The number of hydrogen-bond donors (Lipinski definition) is 2. The molecule has 0 aliphatic carbocycles. The number of fused-ring (bicyclic) bond motifs is 1. The summed E-state index contributed by atoms with van der Waals surface area (Å²) in [4.78, 5) is 7.74. The van der Waals surface area contributed by atoms with Crippen LogP contribution in [0.1, 0.15) is 0 Å². The first-order valence-corrected chi connectivity index (χ1v) is 3.35. The lowest BCUT2D eigenvalue weighted by Crippen LogP contribution is -2.19. The van der Waals surface area contributed by atoms with E-state index in [0.29, 0.717) is 18.2 Å². The highest BCUT2D eigenvalue weighted by atomic mass is 16.5. The van der Waals surface area contributed by atoms with E-state index in [1.54, 1.807) is 6.20 Å². The minimum Gasteiger partial charge on any atom is -0.486 e. The maximum absolute atomic E-state index is 5.36. The highest BCUT2D eigenvalue weighted by Crippen LogP contribution is 2.23. The molecule has 1 aliphatic rings. The van der Waals surface area contributed by atoms with Crippen LogP contribution < -0.4 is 15.8 Å². The smallest absolute Gasteiger partial charge is 0.222 e. The van der Waals surface area contributed by atoms with Gasteiger partial charge < -0.3 is 15.8 Å². The van der Waals surface area contributed by atoms with Gasteiger partial charge in [-0.3, -0.25) is 0 Å². The molecule has 0 radical (unpaired) electrons. The number of anilines is 2. The predicted molar refractivity (Wildman–Crippen MR) is 40.4 cm³/mol. The van der Waals surface area contributed by atoms with Gasteiger partial charge in [-0.1, -0.05) is 0 Å². The van der Waals surface area contributed by atoms with Gasteiger partial charge in [-0.15, -0.1) is 0 Å². The van der Waals surface area contributed by atoms with E-state index in [2.05, 4.69) is 15.3 Å². The predicted octanol–water partition coefficient (Wildman–Crippen LogP) is -0.137. The van der Waals surface area contributed by atoms with Gasteiger partial charge in [-0.05, 0) is 0 Å². The lowest BCUT2D eigenvalue weighted by atomic mass is 10.4. The highest BCUT2D eigenvalue weighted by molar-refractivity contribution is 5.52. The van der Waals surface area contributed by atoms with Gasteiger partial charge >= 0.3 is 0 Å². The third-order valence-electron chi connectivity index (χ3n) is 1.43. The molecule has 0 saturated heterocycles. The van der Waals surface area contributed by atoms with Crippen molar-refractivity contribution in [1.29, 1.82) is 0 Å². The Kier molecular flexibility index (Phi) is 1.28. The largest absolute Gasteiger partial charge is 0.486 e. The van der Waals surface area contributed by atoms with E-state index in [4.69, 9.17) is 10.5 Å². The molecule has 1 aromatic rings. The summed E-state index contributed by atoms with van der Waals surface area (Å²) in [5.41, 5.74) is 5.36. The minimum absolute atomic E-state index is 0.266. The molecule has 2 rings (SSSR count). The first kappa shape index (κ1) is 6.21. The zero-order chi connectivity index (χ0) is 7.68. The third-order valence-corrected chi connectivity index (χ3v) is 1.43. The molecule has 1 aliphatic heterocycles. The van der Waals surface area contributed by atoms with Crippen LogP contribution >= 0.6 is 0 Å². The van der Waals surface area contributed by atoms with Crippen LogP contribution in [-0.4, -0.2) is 23.1 Å². The second-order valence-electron chi connectivity index (χ2n) is 2.22. The van der Waals surface area contributed by atoms with Crippen molar-refractivity contribution in [2.24, 2.45) is 0 Å². The fraction of sp³-hybridized carbons (Fsp3) is 0.333. The lowest BCUT2D eigenvalue weighted by molar-refractivity contribution is 0.320. The molecule has 5 heteroatoms. The van der Waals surface area contributed by atoms with E-state index < -0.39 is 0 Å². The summed E-state index contributed by atoms with van der Waals surface area (Å²) in [6.07, 6.45) is 1.57. The first-order valence-electron chi connectivity index (χ1n) is 3.35. The number of nitrogens with one attached hydrogen (secondary N) is 1. The van der Waals surface area contributed by atoms with Gasteiger partial charge in [0, 0.05) is 0 Å². The second-order valence-corrected chi connectivity index (χ2v) is 2.22. The molecule has 0 spiro atoms. The van der Waals surface area contributed by atoms with Crippen molar-refractivity contribution >= 4 is 11.8 Å². The Bertz CT molecular complexity index is 275. The molecular formula is C6H8N4O. The Morgan fingerprint density at radius 1 is 1.64 bits per heavy atom. The summed E-state index contributed by atoms with van der Waals surface area (Å²) in [6.45, 7) is 1.42. The lowest BCUT2D eigenvalue weighted by Gasteiger charge is -2.16. The van der Waals surface area contributed by atoms with Crippen LogP contribution in [0.15, 0.2) is 6.20 Å². The standard InChI is InChI=1S/C6H8N4O/c7-6-9-3-4-5(10-6)8-1-2-11-4/h3H,1-2H2,(H3,7,8,9,10). The quantitative estimate of drug-likeness (QED) is 0.541. The summed E-state index contributed by atoms with van der Waals surface area (Å²) in [5, 5.41) is 3.05. The van der Waals surface area contributed by atoms with Crippen LogP contribution in [0, 0.1) is 0 Å². The maximum atomic E-state index is 5.36. The molecule has 0 amide bonds. The van der Waals surface area contributed by atoms with Crippen molar-refractivity contribution in [2.45, 2.75) is 0 Å². The van der Waals surface area contributed by atoms with Crippen molar-refractivity contribution in [3.8, 4) is 5.75 Å².